The molecule has 0 spiro atoms. The normalized spacial score (nSPS) is 12.9. The molecule has 0 saturated carbocycles. The van der Waals surface area contributed by atoms with Crippen LogP contribution in [-0.4, -0.2) is 48.3 Å². The second-order valence-corrected chi connectivity index (χ2v) is 6.07. The summed E-state index contributed by atoms with van der Waals surface area (Å²) in [5.74, 6) is -2.53. The lowest BCUT2D eigenvalue weighted by Gasteiger charge is -2.15. The first-order valence-electron chi connectivity index (χ1n) is 8.90. The molecule has 0 aliphatic carbocycles. The third-order valence-electron chi connectivity index (χ3n) is 3.42. The van der Waals surface area contributed by atoms with Crippen LogP contribution in [0.1, 0.15) is 26.7 Å². The molecule has 0 aromatic heterocycles. The van der Waals surface area contributed by atoms with Gasteiger partial charge in [-0.1, -0.05) is 19.4 Å². The summed E-state index contributed by atoms with van der Waals surface area (Å²) >= 11 is 0. The highest BCUT2D eigenvalue weighted by atomic mass is 19.4. The van der Waals surface area contributed by atoms with Crippen molar-refractivity contribution in [3.8, 4) is 5.75 Å². The average molecular weight is 433 g/mol. The van der Waals surface area contributed by atoms with E-state index < -0.39 is 18.2 Å². The van der Waals surface area contributed by atoms with Crippen LogP contribution in [0.4, 0.5) is 18.9 Å². The lowest BCUT2D eigenvalue weighted by atomic mass is 10.1. The van der Waals surface area contributed by atoms with Gasteiger partial charge in [0.25, 0.3) is 0 Å². The smallest absolute Gasteiger partial charge is 0.490 e. The zero-order valence-electron chi connectivity index (χ0n) is 16.8. The van der Waals surface area contributed by atoms with Gasteiger partial charge in [0.05, 0.1) is 13.2 Å². The molecule has 0 unspecified atom stereocenters. The molecule has 1 rings (SSSR count). The van der Waals surface area contributed by atoms with Gasteiger partial charge in [0, 0.05) is 17.8 Å². The minimum Gasteiger partial charge on any atom is -0.497 e. The van der Waals surface area contributed by atoms with Crippen molar-refractivity contribution in [3.63, 3.8) is 0 Å². The number of aliphatic carboxylic acids is 1. The summed E-state index contributed by atoms with van der Waals surface area (Å²) < 4.78 is 36.8. The van der Waals surface area contributed by atoms with Gasteiger partial charge in [0.2, 0.25) is 11.8 Å². The Balaban J connectivity index is 0.00000103. The van der Waals surface area contributed by atoms with E-state index in [1.807, 2.05) is 6.92 Å². The summed E-state index contributed by atoms with van der Waals surface area (Å²) in [6.45, 7) is 3.63. The molecule has 0 fully saturated rings. The Bertz CT molecular complexity index is 719. The molecule has 168 valence electrons. The fourth-order valence-corrected chi connectivity index (χ4v) is 1.90. The van der Waals surface area contributed by atoms with Crippen molar-refractivity contribution in [2.45, 2.75) is 44.9 Å². The van der Waals surface area contributed by atoms with Gasteiger partial charge in [-0.15, -0.1) is 0 Å². The fraction of sp³-hybridized carbons (Fsp3) is 0.421. The van der Waals surface area contributed by atoms with Crippen LogP contribution < -0.4 is 21.1 Å². The SMILES string of the molecule is CCC[C@@H](C=CC(=O)Nc1ccc(OC)cc1)NC(=O)[C@H](C)N.O=C(O)C(F)(F)F. The maximum Gasteiger partial charge on any atom is 0.490 e. The number of methoxy groups -OCH3 is 1. The third-order valence-corrected chi connectivity index (χ3v) is 3.42. The number of benzene rings is 1. The largest absolute Gasteiger partial charge is 0.497 e. The van der Waals surface area contributed by atoms with Crippen molar-refractivity contribution < 1.29 is 37.4 Å². The third kappa shape index (κ3) is 11.7. The van der Waals surface area contributed by atoms with Gasteiger partial charge in [0.15, 0.2) is 0 Å². The molecule has 30 heavy (non-hydrogen) atoms. The topological polar surface area (TPSA) is 131 Å². The molecule has 5 N–H and O–H groups in total. The van der Waals surface area contributed by atoms with E-state index in [9.17, 15) is 22.8 Å². The number of anilines is 1. The van der Waals surface area contributed by atoms with Crippen LogP contribution in [0.15, 0.2) is 36.4 Å². The Kier molecular flexibility index (Phi) is 11.8. The minimum atomic E-state index is -5.08. The van der Waals surface area contributed by atoms with E-state index in [2.05, 4.69) is 10.6 Å². The van der Waals surface area contributed by atoms with Crippen LogP contribution in [0, 0.1) is 0 Å². The summed E-state index contributed by atoms with van der Waals surface area (Å²) in [5, 5.41) is 12.7. The number of amides is 2. The van der Waals surface area contributed by atoms with Gasteiger partial charge in [-0.3, -0.25) is 9.59 Å². The zero-order valence-corrected chi connectivity index (χ0v) is 16.8. The number of hydrogen-bond acceptors (Lipinski definition) is 5. The molecule has 1 aromatic carbocycles. The average Bonchev–Trinajstić information content (AvgIpc) is 2.66. The van der Waals surface area contributed by atoms with E-state index in [4.69, 9.17) is 20.4 Å². The molecular weight excluding hydrogens is 407 g/mol. The number of hydrogen-bond donors (Lipinski definition) is 4. The monoisotopic (exact) mass is 433 g/mol. The summed E-state index contributed by atoms with van der Waals surface area (Å²) in [6.07, 6.45) is -0.353. The maximum absolute atomic E-state index is 11.9. The number of carbonyl (C=O) groups excluding carboxylic acids is 2. The number of nitrogens with two attached hydrogens (primary N) is 1. The van der Waals surface area contributed by atoms with Gasteiger partial charge in [-0.25, -0.2) is 4.79 Å². The minimum absolute atomic E-state index is 0.208. The van der Waals surface area contributed by atoms with E-state index in [1.54, 1.807) is 44.4 Å². The number of ether oxygens (including phenoxy) is 1. The van der Waals surface area contributed by atoms with Gasteiger partial charge < -0.3 is 26.2 Å². The highest BCUT2D eigenvalue weighted by Gasteiger charge is 2.38. The number of halogens is 3. The summed E-state index contributed by atoms with van der Waals surface area (Å²) in [4.78, 5) is 32.5. The van der Waals surface area contributed by atoms with Crippen molar-refractivity contribution in [1.82, 2.24) is 5.32 Å². The van der Waals surface area contributed by atoms with Crippen LogP contribution in [-0.2, 0) is 14.4 Å². The number of rotatable bonds is 8. The molecule has 0 heterocycles. The first-order chi connectivity index (χ1) is 13.9. The molecule has 0 saturated heterocycles. The molecule has 2 atom stereocenters. The van der Waals surface area contributed by atoms with Crippen LogP contribution in [0.2, 0.25) is 0 Å². The Labute approximate surface area is 172 Å². The summed E-state index contributed by atoms with van der Waals surface area (Å²) in [5.41, 5.74) is 6.21. The van der Waals surface area contributed by atoms with Crippen molar-refractivity contribution in [1.29, 1.82) is 0 Å². The molecule has 0 aliphatic rings. The second kappa shape index (κ2) is 13.2. The first kappa shape index (κ1) is 26.9. The van der Waals surface area contributed by atoms with Crippen LogP contribution in [0.5, 0.6) is 5.75 Å². The number of carboxylic acids is 1. The Morgan fingerprint density at radius 2 is 1.77 bits per heavy atom. The van der Waals surface area contributed by atoms with E-state index in [1.165, 1.54) is 6.08 Å². The molecule has 0 bridgehead atoms. The standard InChI is InChI=1S/C17H25N3O3.C2HF3O2/c1-4-5-13(20-17(22)12(2)18)8-11-16(21)19-14-6-9-15(23-3)10-7-14;3-2(4,5)1(6)7/h6-13H,4-5,18H2,1-3H3,(H,19,21)(H,20,22);(H,6,7)/t12-,13-;/m0./s1. The molecular formula is C19H26F3N3O5. The van der Waals surface area contributed by atoms with Crippen molar-refractivity contribution in [2.24, 2.45) is 5.73 Å². The van der Waals surface area contributed by atoms with Crippen molar-refractivity contribution in [3.05, 3.63) is 36.4 Å². The Morgan fingerprint density at radius 1 is 1.23 bits per heavy atom. The highest BCUT2D eigenvalue weighted by Crippen LogP contribution is 2.15. The highest BCUT2D eigenvalue weighted by molar-refractivity contribution is 5.99. The van der Waals surface area contributed by atoms with Gasteiger partial charge in [-0.2, -0.15) is 13.2 Å². The number of nitrogens with one attached hydrogen (secondary N) is 2. The molecule has 1 aromatic rings. The number of carboxylic acid groups (broad SMARTS) is 1. The van der Waals surface area contributed by atoms with Gasteiger partial charge >= 0.3 is 12.1 Å². The molecule has 0 aliphatic heterocycles. The first-order valence-corrected chi connectivity index (χ1v) is 8.90. The van der Waals surface area contributed by atoms with Gasteiger partial charge in [-0.05, 0) is 37.6 Å². The zero-order chi connectivity index (χ0) is 23.3. The van der Waals surface area contributed by atoms with E-state index in [0.29, 0.717) is 5.69 Å². The van der Waals surface area contributed by atoms with E-state index in [-0.39, 0.29) is 17.9 Å². The molecule has 0 radical (unpaired) electrons. The van der Waals surface area contributed by atoms with E-state index in [0.717, 1.165) is 18.6 Å². The quantitative estimate of drug-likeness (QED) is 0.466. The van der Waals surface area contributed by atoms with Crippen LogP contribution >= 0.6 is 0 Å². The van der Waals surface area contributed by atoms with Crippen molar-refractivity contribution >= 4 is 23.5 Å². The molecule has 2 amide bonds. The lowest BCUT2D eigenvalue weighted by molar-refractivity contribution is -0.192. The number of carbonyl (C=O) groups is 3. The number of alkyl halides is 3. The van der Waals surface area contributed by atoms with Crippen LogP contribution in [0.3, 0.4) is 0 Å². The summed E-state index contributed by atoms with van der Waals surface area (Å²) in [6, 6.07) is 6.26. The molecule has 11 heteroatoms. The molecule has 8 nitrogen and oxygen atoms in total. The Hall–Kier alpha value is -3.08. The predicted molar refractivity (Wildman–Crippen MR) is 105 cm³/mol. The van der Waals surface area contributed by atoms with Crippen LogP contribution in [0.25, 0.3) is 0 Å². The maximum atomic E-state index is 11.9. The van der Waals surface area contributed by atoms with Crippen molar-refractivity contribution in [2.75, 3.05) is 12.4 Å². The lowest BCUT2D eigenvalue weighted by Crippen LogP contribution is -2.43. The van der Waals surface area contributed by atoms with Gasteiger partial charge in [0.1, 0.15) is 5.75 Å². The predicted octanol–water partition coefficient (Wildman–Crippen LogP) is 2.46. The summed E-state index contributed by atoms with van der Waals surface area (Å²) in [7, 11) is 1.58. The van der Waals surface area contributed by atoms with E-state index >= 15 is 0 Å². The fourth-order valence-electron chi connectivity index (χ4n) is 1.90. The second-order valence-electron chi connectivity index (χ2n) is 6.07. The Morgan fingerprint density at radius 3 is 2.17 bits per heavy atom.